The van der Waals surface area contributed by atoms with Crippen LogP contribution in [0.3, 0.4) is 0 Å². The molecule has 4 aromatic carbocycles. The maximum atomic E-state index is 12.8. The number of fused-ring (bicyclic) bond motifs is 1. The van der Waals surface area contributed by atoms with Gasteiger partial charge in [0.05, 0.1) is 16.8 Å². The van der Waals surface area contributed by atoms with Gasteiger partial charge in [-0.3, -0.25) is 9.59 Å². The molecule has 0 fully saturated rings. The van der Waals surface area contributed by atoms with E-state index >= 15 is 0 Å². The van der Waals surface area contributed by atoms with Crippen LogP contribution in [0.25, 0.3) is 10.8 Å². The first-order chi connectivity index (χ1) is 17.3. The minimum absolute atomic E-state index is 0.134. The molecule has 0 aliphatic heterocycles. The van der Waals surface area contributed by atoms with Crippen molar-refractivity contribution in [1.82, 2.24) is 5.43 Å². The Hall–Kier alpha value is -3.72. The lowest BCUT2D eigenvalue weighted by molar-refractivity contribution is -0.136. The van der Waals surface area contributed by atoms with Gasteiger partial charge >= 0.3 is 17.8 Å². The highest BCUT2D eigenvalue weighted by molar-refractivity contribution is 9.10. The van der Waals surface area contributed by atoms with Gasteiger partial charge < -0.3 is 10.1 Å². The Morgan fingerprint density at radius 1 is 0.889 bits per heavy atom. The third-order valence-corrected chi connectivity index (χ3v) is 6.03. The van der Waals surface area contributed by atoms with Gasteiger partial charge in [0.1, 0.15) is 5.75 Å². The second-order valence-electron chi connectivity index (χ2n) is 7.37. The van der Waals surface area contributed by atoms with Crippen LogP contribution in [0.4, 0.5) is 5.69 Å². The van der Waals surface area contributed by atoms with E-state index in [1.54, 1.807) is 36.4 Å². The van der Waals surface area contributed by atoms with Crippen LogP contribution < -0.4 is 15.5 Å². The van der Waals surface area contributed by atoms with Gasteiger partial charge in [-0.25, -0.2) is 10.2 Å². The molecule has 0 spiro atoms. The van der Waals surface area contributed by atoms with Gasteiger partial charge in [-0.15, -0.1) is 0 Å². The molecule has 0 aliphatic rings. The summed E-state index contributed by atoms with van der Waals surface area (Å²) >= 11 is 15.3. The maximum Gasteiger partial charge on any atom is 0.345 e. The number of hydrogen-bond acceptors (Lipinski definition) is 5. The third-order valence-electron chi connectivity index (χ3n) is 4.95. The Balaban J connectivity index is 1.55. The highest BCUT2D eigenvalue weighted by Gasteiger charge is 2.17. The summed E-state index contributed by atoms with van der Waals surface area (Å²) in [5.41, 5.74) is 3.19. The lowest BCUT2D eigenvalue weighted by Crippen LogP contribution is -2.32. The Bertz CT molecular complexity index is 1510. The Morgan fingerprint density at radius 2 is 1.64 bits per heavy atom. The fraction of sp³-hybridized carbons (Fsp3) is 0. The number of hydrazone groups is 1. The predicted molar refractivity (Wildman–Crippen MR) is 144 cm³/mol. The monoisotopic (exact) mass is 583 g/mol. The first-order valence-corrected chi connectivity index (χ1v) is 12.0. The summed E-state index contributed by atoms with van der Waals surface area (Å²) in [6.45, 7) is 0. The number of amides is 2. The van der Waals surface area contributed by atoms with Crippen LogP contribution in [0.5, 0.6) is 5.75 Å². The molecular formula is C26H16BrCl2N3O4. The number of ether oxygens (including phenoxy) is 1. The topological polar surface area (TPSA) is 96.9 Å². The number of nitrogens with zero attached hydrogens (tertiary/aromatic N) is 1. The standard InChI is InChI=1S/C26H16BrCl2N3O4/c27-16-6-9-18(10-7-16)31-24(33)25(34)32-30-14-21-19-4-2-1-3-15(19)5-12-23(21)36-26(35)20-11-8-17(28)13-22(20)29/h1-14H,(H,31,33)(H,32,34). The van der Waals surface area contributed by atoms with Crippen LogP contribution in [0, 0.1) is 0 Å². The zero-order chi connectivity index (χ0) is 25.7. The predicted octanol–water partition coefficient (Wildman–Crippen LogP) is 6.22. The summed E-state index contributed by atoms with van der Waals surface area (Å²) in [7, 11) is 0. The number of nitrogens with one attached hydrogen (secondary N) is 2. The maximum absolute atomic E-state index is 12.8. The molecule has 0 aliphatic carbocycles. The first-order valence-electron chi connectivity index (χ1n) is 10.4. The number of halogens is 3. The van der Waals surface area contributed by atoms with Crippen LogP contribution in [-0.2, 0) is 9.59 Å². The van der Waals surface area contributed by atoms with Gasteiger partial charge in [0.2, 0.25) is 0 Å². The average molecular weight is 585 g/mol. The van der Waals surface area contributed by atoms with Crippen LogP contribution in [0.1, 0.15) is 15.9 Å². The van der Waals surface area contributed by atoms with E-state index in [2.05, 4.69) is 31.8 Å². The average Bonchev–Trinajstić information content (AvgIpc) is 2.86. The van der Waals surface area contributed by atoms with Crippen molar-refractivity contribution in [3.05, 3.63) is 105 Å². The Morgan fingerprint density at radius 3 is 2.39 bits per heavy atom. The number of rotatable bonds is 5. The molecule has 2 N–H and O–H groups in total. The van der Waals surface area contributed by atoms with E-state index in [1.807, 2.05) is 24.3 Å². The minimum Gasteiger partial charge on any atom is -0.422 e. The largest absolute Gasteiger partial charge is 0.422 e. The third kappa shape index (κ3) is 6.09. The van der Waals surface area contributed by atoms with E-state index in [0.29, 0.717) is 21.7 Å². The van der Waals surface area contributed by atoms with Crippen molar-refractivity contribution in [2.24, 2.45) is 5.10 Å². The van der Waals surface area contributed by atoms with Gasteiger partial charge in [0, 0.05) is 20.7 Å². The molecule has 0 saturated carbocycles. The minimum atomic E-state index is -0.971. The second kappa shape index (κ2) is 11.3. The van der Waals surface area contributed by atoms with Gasteiger partial charge in [0.15, 0.2) is 0 Å². The van der Waals surface area contributed by atoms with Crippen LogP contribution in [0.2, 0.25) is 10.0 Å². The number of carbonyl (C=O) groups is 3. The second-order valence-corrected chi connectivity index (χ2v) is 9.13. The zero-order valence-electron chi connectivity index (χ0n) is 18.3. The van der Waals surface area contributed by atoms with Crippen LogP contribution >= 0.6 is 39.1 Å². The first kappa shape index (κ1) is 25.4. The molecule has 180 valence electrons. The van der Waals surface area contributed by atoms with E-state index in [0.717, 1.165) is 9.86 Å². The van der Waals surface area contributed by atoms with Crippen molar-refractivity contribution in [2.45, 2.75) is 0 Å². The molecule has 0 atom stereocenters. The molecule has 7 nitrogen and oxygen atoms in total. The van der Waals surface area contributed by atoms with E-state index in [1.165, 1.54) is 24.4 Å². The van der Waals surface area contributed by atoms with Crippen molar-refractivity contribution >= 4 is 79.6 Å². The van der Waals surface area contributed by atoms with Gasteiger partial charge in [-0.2, -0.15) is 5.10 Å². The SMILES string of the molecule is O=C(NN=Cc1c(OC(=O)c2ccc(Cl)cc2Cl)ccc2ccccc12)C(=O)Nc1ccc(Br)cc1. The van der Waals surface area contributed by atoms with E-state index in [-0.39, 0.29) is 16.3 Å². The van der Waals surface area contributed by atoms with Crippen molar-refractivity contribution in [3.63, 3.8) is 0 Å². The zero-order valence-corrected chi connectivity index (χ0v) is 21.4. The molecule has 0 bridgehead atoms. The molecule has 0 radical (unpaired) electrons. The van der Waals surface area contributed by atoms with E-state index in [9.17, 15) is 14.4 Å². The summed E-state index contributed by atoms with van der Waals surface area (Å²) in [4.78, 5) is 37.2. The number of esters is 1. The molecule has 4 rings (SSSR count). The van der Waals surface area contributed by atoms with Crippen molar-refractivity contribution in [2.75, 3.05) is 5.32 Å². The summed E-state index contributed by atoms with van der Waals surface area (Å²) < 4.78 is 6.43. The molecule has 2 amide bonds. The number of anilines is 1. The molecule has 0 unspecified atom stereocenters. The summed E-state index contributed by atoms with van der Waals surface area (Å²) in [6.07, 6.45) is 1.30. The summed E-state index contributed by atoms with van der Waals surface area (Å²) in [6, 6.07) is 21.9. The molecule has 0 saturated heterocycles. The molecule has 36 heavy (non-hydrogen) atoms. The Labute approximate surface area is 224 Å². The number of carbonyl (C=O) groups excluding carboxylic acids is 3. The highest BCUT2D eigenvalue weighted by Crippen LogP contribution is 2.29. The normalized spacial score (nSPS) is 10.9. The molecule has 10 heteroatoms. The van der Waals surface area contributed by atoms with Gasteiger partial charge in [0.25, 0.3) is 0 Å². The number of hydrogen-bond donors (Lipinski definition) is 2. The van der Waals surface area contributed by atoms with Crippen LogP contribution in [0.15, 0.2) is 88.4 Å². The van der Waals surface area contributed by atoms with Gasteiger partial charge in [-0.1, -0.05) is 69.5 Å². The summed E-state index contributed by atoms with van der Waals surface area (Å²) in [5, 5.41) is 8.48. The van der Waals surface area contributed by atoms with Crippen molar-refractivity contribution in [1.29, 1.82) is 0 Å². The summed E-state index contributed by atoms with van der Waals surface area (Å²) in [5.74, 6) is -2.38. The smallest absolute Gasteiger partial charge is 0.345 e. The fourth-order valence-corrected chi connectivity index (χ4v) is 3.98. The lowest BCUT2D eigenvalue weighted by atomic mass is 10.0. The molecular weight excluding hydrogens is 569 g/mol. The molecule has 0 heterocycles. The van der Waals surface area contributed by atoms with Crippen molar-refractivity contribution in [3.8, 4) is 5.75 Å². The number of benzene rings is 4. The van der Waals surface area contributed by atoms with Crippen LogP contribution in [-0.4, -0.2) is 24.0 Å². The quantitative estimate of drug-likeness (QED) is 0.0957. The van der Waals surface area contributed by atoms with E-state index in [4.69, 9.17) is 27.9 Å². The van der Waals surface area contributed by atoms with E-state index < -0.39 is 17.8 Å². The molecule has 4 aromatic rings. The fourth-order valence-electron chi connectivity index (χ4n) is 3.23. The lowest BCUT2D eigenvalue weighted by Gasteiger charge is -2.11. The highest BCUT2D eigenvalue weighted by atomic mass is 79.9. The Kier molecular flexibility index (Phi) is 8.00. The molecule has 0 aromatic heterocycles. The van der Waals surface area contributed by atoms with Gasteiger partial charge in [-0.05, 0) is 59.3 Å². The van der Waals surface area contributed by atoms with Crippen molar-refractivity contribution < 1.29 is 19.1 Å².